The zero-order valence-electron chi connectivity index (χ0n) is 18.3. The molecule has 5 rings (SSSR count). The first-order valence-corrected chi connectivity index (χ1v) is 10.5. The van der Waals surface area contributed by atoms with Gasteiger partial charge in [-0.05, 0) is 25.0 Å². The Bertz CT molecular complexity index is 1410. The zero-order valence-corrected chi connectivity index (χ0v) is 18.3. The average molecular weight is 468 g/mol. The maximum absolute atomic E-state index is 14.8. The number of ether oxygens (including phenoxy) is 1. The summed E-state index contributed by atoms with van der Waals surface area (Å²) in [4.78, 5) is 34.1. The predicted octanol–water partition coefficient (Wildman–Crippen LogP) is 1.70. The van der Waals surface area contributed by atoms with Crippen molar-refractivity contribution in [3.8, 4) is 6.01 Å². The van der Waals surface area contributed by atoms with Crippen molar-refractivity contribution in [1.82, 2.24) is 29.5 Å². The van der Waals surface area contributed by atoms with Crippen molar-refractivity contribution in [3.63, 3.8) is 0 Å². The van der Waals surface area contributed by atoms with Crippen LogP contribution in [0.2, 0.25) is 0 Å². The lowest BCUT2D eigenvalue weighted by molar-refractivity contribution is 0.00725. The van der Waals surface area contributed by atoms with Crippen molar-refractivity contribution >= 4 is 28.9 Å². The largest absolute Gasteiger partial charge is 0.432 e. The molecule has 34 heavy (non-hydrogen) atoms. The third-order valence-corrected chi connectivity index (χ3v) is 5.70. The van der Waals surface area contributed by atoms with Crippen LogP contribution in [-0.2, 0) is 4.74 Å². The molecule has 1 aliphatic carbocycles. The van der Waals surface area contributed by atoms with Gasteiger partial charge in [-0.15, -0.1) is 5.10 Å². The highest BCUT2D eigenvalue weighted by atomic mass is 19.1. The molecule has 0 saturated heterocycles. The van der Waals surface area contributed by atoms with Gasteiger partial charge >= 0.3 is 6.01 Å². The number of pyridine rings is 1. The number of halogens is 1. The minimum Gasteiger partial charge on any atom is -0.432 e. The molecule has 1 fully saturated rings. The lowest BCUT2D eigenvalue weighted by Crippen LogP contribution is -2.51. The van der Waals surface area contributed by atoms with Gasteiger partial charge in [0.2, 0.25) is 5.95 Å². The number of methoxy groups -OCH3 is 1. The Kier molecular flexibility index (Phi) is 5.45. The van der Waals surface area contributed by atoms with Gasteiger partial charge in [-0.1, -0.05) is 0 Å². The van der Waals surface area contributed by atoms with Gasteiger partial charge in [0.1, 0.15) is 29.1 Å². The number of fused-ring (bicyclic) bond motifs is 1. The summed E-state index contributed by atoms with van der Waals surface area (Å²) in [5, 5.41) is 12.4. The fourth-order valence-electron chi connectivity index (χ4n) is 3.80. The Balaban J connectivity index is 1.52. The third kappa shape index (κ3) is 3.65. The van der Waals surface area contributed by atoms with Crippen LogP contribution in [0.3, 0.4) is 0 Å². The first-order chi connectivity index (χ1) is 16.5. The van der Waals surface area contributed by atoms with E-state index < -0.39 is 17.4 Å². The highest BCUT2D eigenvalue weighted by Crippen LogP contribution is 2.26. The number of nitrogens with one attached hydrogen (secondary N) is 3. The molecule has 12 nitrogen and oxygen atoms in total. The van der Waals surface area contributed by atoms with Crippen LogP contribution in [0.1, 0.15) is 23.2 Å². The van der Waals surface area contributed by atoms with Crippen molar-refractivity contribution in [3.05, 3.63) is 58.7 Å². The second kappa shape index (κ2) is 8.59. The average Bonchev–Trinajstić information content (AvgIpc) is 3.45. The van der Waals surface area contributed by atoms with Crippen LogP contribution in [-0.4, -0.2) is 56.4 Å². The monoisotopic (exact) mass is 468 g/mol. The van der Waals surface area contributed by atoms with Gasteiger partial charge in [0, 0.05) is 26.4 Å². The van der Waals surface area contributed by atoms with Crippen LogP contribution in [0.25, 0.3) is 11.7 Å². The van der Waals surface area contributed by atoms with Crippen molar-refractivity contribution in [1.29, 1.82) is 0 Å². The summed E-state index contributed by atoms with van der Waals surface area (Å²) in [6.07, 6.45) is 5.73. The van der Waals surface area contributed by atoms with Gasteiger partial charge in [0.15, 0.2) is 5.65 Å². The molecule has 0 bridgehead atoms. The van der Waals surface area contributed by atoms with Crippen LogP contribution >= 0.6 is 0 Å². The molecule has 4 heterocycles. The normalized spacial score (nSPS) is 17.4. The predicted molar refractivity (Wildman–Crippen MR) is 119 cm³/mol. The molecule has 0 radical (unpaired) electrons. The minimum absolute atomic E-state index is 0.0124. The summed E-state index contributed by atoms with van der Waals surface area (Å²) in [6.45, 7) is 0. The maximum atomic E-state index is 14.8. The fraction of sp³-hybridized carbons (Fsp3) is 0.286. The molecule has 4 aromatic rings. The van der Waals surface area contributed by atoms with Crippen molar-refractivity contribution in [2.24, 2.45) is 0 Å². The number of aromatic nitrogens is 5. The second-order valence-electron chi connectivity index (χ2n) is 7.65. The Morgan fingerprint density at radius 1 is 1.35 bits per heavy atom. The van der Waals surface area contributed by atoms with Crippen molar-refractivity contribution in [2.45, 2.75) is 25.0 Å². The third-order valence-electron chi connectivity index (χ3n) is 5.70. The van der Waals surface area contributed by atoms with E-state index in [1.54, 1.807) is 26.3 Å². The van der Waals surface area contributed by atoms with Gasteiger partial charge in [-0.2, -0.15) is 8.91 Å². The smallest absolute Gasteiger partial charge is 0.308 e. The first kappa shape index (κ1) is 21.6. The Morgan fingerprint density at radius 2 is 2.21 bits per heavy atom. The van der Waals surface area contributed by atoms with E-state index in [1.165, 1.54) is 33.8 Å². The van der Waals surface area contributed by atoms with E-state index >= 15 is 0 Å². The number of nitrogens with zero attached hydrogens (tertiary/aromatic N) is 5. The Labute approximate surface area is 191 Å². The molecule has 4 aromatic heterocycles. The number of rotatable bonds is 7. The molecular formula is C21H21FN8O4. The standard InChI is InChI=1S/C21H21FN8O4/c1-23-15-10-14(25-12-4-3-8-29(20(12)32)21-24-7-9-34-21)27-18-16(17(22)28-30(15)18)19(31)26-11-5-6-13(11)33-2/h3-4,7-11,13,23H,5-6H2,1-2H3,(H,25,27)(H,26,31)/t11-,13-/m1/s1. The maximum Gasteiger partial charge on any atom is 0.308 e. The number of anilines is 3. The van der Waals surface area contributed by atoms with Gasteiger partial charge in [0.05, 0.1) is 18.3 Å². The summed E-state index contributed by atoms with van der Waals surface area (Å²) in [6, 6.07) is 4.62. The number of oxazole rings is 1. The molecule has 0 aromatic carbocycles. The number of amides is 1. The molecule has 176 valence electrons. The fourth-order valence-corrected chi connectivity index (χ4v) is 3.80. The molecule has 0 aliphatic heterocycles. The number of hydrogen-bond acceptors (Lipinski definition) is 9. The molecule has 1 amide bonds. The summed E-state index contributed by atoms with van der Waals surface area (Å²) >= 11 is 0. The molecule has 1 aliphatic rings. The minimum atomic E-state index is -0.960. The van der Waals surface area contributed by atoms with E-state index in [2.05, 4.69) is 31.0 Å². The molecule has 13 heteroatoms. The van der Waals surface area contributed by atoms with Crippen LogP contribution in [0, 0.1) is 5.95 Å². The molecule has 0 spiro atoms. The number of carbonyl (C=O) groups is 1. The number of hydrogen-bond donors (Lipinski definition) is 3. The molecule has 0 unspecified atom stereocenters. The van der Waals surface area contributed by atoms with Crippen LogP contribution < -0.4 is 21.5 Å². The highest BCUT2D eigenvalue weighted by Gasteiger charge is 2.34. The molecular weight excluding hydrogens is 447 g/mol. The van der Waals surface area contributed by atoms with E-state index in [-0.39, 0.29) is 40.9 Å². The highest BCUT2D eigenvalue weighted by molar-refractivity contribution is 6.00. The summed E-state index contributed by atoms with van der Waals surface area (Å²) < 4.78 is 27.7. The number of carbonyl (C=O) groups excluding carboxylic acids is 1. The molecule has 1 saturated carbocycles. The Morgan fingerprint density at radius 3 is 2.88 bits per heavy atom. The van der Waals surface area contributed by atoms with E-state index in [4.69, 9.17) is 9.15 Å². The van der Waals surface area contributed by atoms with Gasteiger partial charge in [-0.25, -0.2) is 14.5 Å². The summed E-state index contributed by atoms with van der Waals surface area (Å²) in [5.41, 5.74) is -0.581. The quantitative estimate of drug-likeness (QED) is 0.370. The van der Waals surface area contributed by atoms with Crippen LogP contribution in [0.4, 0.5) is 21.7 Å². The van der Waals surface area contributed by atoms with E-state index in [0.29, 0.717) is 5.82 Å². The van der Waals surface area contributed by atoms with Crippen molar-refractivity contribution in [2.75, 3.05) is 24.8 Å². The Hall–Kier alpha value is -4.26. The molecule has 2 atom stereocenters. The summed E-state index contributed by atoms with van der Waals surface area (Å²) in [5.74, 6) is -1.05. The van der Waals surface area contributed by atoms with E-state index in [1.807, 2.05) is 0 Å². The molecule has 3 N–H and O–H groups in total. The van der Waals surface area contributed by atoms with E-state index in [9.17, 15) is 14.0 Å². The SMILES string of the molecule is CNc1cc(Nc2cccn(-c3ncco3)c2=O)nc2c(C(=O)N[C@@H]3CC[C@H]3OC)c(F)nn12. The van der Waals surface area contributed by atoms with Gasteiger partial charge in [-0.3, -0.25) is 9.59 Å². The lowest BCUT2D eigenvalue weighted by atomic mass is 9.89. The summed E-state index contributed by atoms with van der Waals surface area (Å²) in [7, 11) is 3.19. The second-order valence-corrected chi connectivity index (χ2v) is 7.65. The van der Waals surface area contributed by atoms with Crippen LogP contribution in [0.15, 0.2) is 46.1 Å². The van der Waals surface area contributed by atoms with E-state index in [0.717, 1.165) is 12.8 Å². The van der Waals surface area contributed by atoms with Crippen molar-refractivity contribution < 1.29 is 18.3 Å². The van der Waals surface area contributed by atoms with Gasteiger partial charge < -0.3 is 25.1 Å². The lowest BCUT2D eigenvalue weighted by Gasteiger charge is -2.35. The van der Waals surface area contributed by atoms with Gasteiger partial charge in [0.25, 0.3) is 11.5 Å². The zero-order chi connectivity index (χ0) is 23.8. The van der Waals surface area contributed by atoms with Crippen LogP contribution in [0.5, 0.6) is 0 Å². The first-order valence-electron chi connectivity index (χ1n) is 10.5. The topological polar surface area (TPSA) is 141 Å².